The molecule has 4 nitrogen and oxygen atoms in total. The molecule has 1 aromatic rings. The lowest BCUT2D eigenvalue weighted by molar-refractivity contribution is 0.0941. The molecule has 1 aliphatic heterocycles. The summed E-state index contributed by atoms with van der Waals surface area (Å²) in [7, 11) is 0. The Bertz CT molecular complexity index is 424. The number of carbonyl (C=O) groups excluding carboxylic acids is 1. The van der Waals surface area contributed by atoms with Crippen molar-refractivity contribution in [3.63, 3.8) is 0 Å². The van der Waals surface area contributed by atoms with Gasteiger partial charge in [-0.2, -0.15) is 0 Å². The van der Waals surface area contributed by atoms with E-state index >= 15 is 0 Å². The maximum Gasteiger partial charge on any atom is 0.252 e. The van der Waals surface area contributed by atoms with Crippen LogP contribution in [0, 0.1) is 0 Å². The molecule has 0 aliphatic carbocycles. The van der Waals surface area contributed by atoms with E-state index in [1.54, 1.807) is 12.3 Å². The smallest absolute Gasteiger partial charge is 0.252 e. The van der Waals surface area contributed by atoms with Crippen molar-refractivity contribution in [3.8, 4) is 0 Å². The molecular formula is C13H18ClN3O. The minimum Gasteiger partial charge on any atom is -0.350 e. The molecule has 2 heterocycles. The molecule has 0 spiro atoms. The Labute approximate surface area is 112 Å². The van der Waals surface area contributed by atoms with E-state index in [0.717, 1.165) is 19.5 Å². The van der Waals surface area contributed by atoms with Gasteiger partial charge in [0, 0.05) is 25.0 Å². The quantitative estimate of drug-likeness (QED) is 0.907. The van der Waals surface area contributed by atoms with Crippen LogP contribution in [0.5, 0.6) is 0 Å². The first-order chi connectivity index (χ1) is 8.72. The van der Waals surface area contributed by atoms with Gasteiger partial charge in [-0.25, -0.2) is 0 Å². The Morgan fingerprint density at radius 3 is 3.22 bits per heavy atom. The standard InChI is InChI=1S/C13H18ClN3O/c1-2-17-7-3-4-10(17)8-16-13(18)11-5-6-15-9-12(11)14/h5-6,9-10H,2-4,7-8H2,1H3,(H,16,18). The molecule has 1 unspecified atom stereocenters. The number of likely N-dealkylation sites (tertiary alicyclic amines) is 1. The molecule has 0 radical (unpaired) electrons. The van der Waals surface area contributed by atoms with Crippen molar-refractivity contribution >= 4 is 17.5 Å². The number of halogens is 1. The van der Waals surface area contributed by atoms with Crippen LogP contribution >= 0.6 is 11.6 Å². The molecule has 1 fully saturated rings. The molecule has 1 saturated heterocycles. The molecule has 5 heteroatoms. The van der Waals surface area contributed by atoms with Crippen LogP contribution < -0.4 is 5.32 Å². The lowest BCUT2D eigenvalue weighted by Crippen LogP contribution is -2.40. The fourth-order valence-electron chi connectivity index (χ4n) is 2.41. The molecule has 1 aromatic heterocycles. The summed E-state index contributed by atoms with van der Waals surface area (Å²) >= 11 is 5.94. The highest BCUT2D eigenvalue weighted by Crippen LogP contribution is 2.16. The first-order valence-electron chi connectivity index (χ1n) is 6.34. The second-order valence-electron chi connectivity index (χ2n) is 4.49. The molecular weight excluding hydrogens is 250 g/mol. The predicted molar refractivity (Wildman–Crippen MR) is 71.8 cm³/mol. The van der Waals surface area contributed by atoms with Crippen LogP contribution in [0.1, 0.15) is 30.1 Å². The van der Waals surface area contributed by atoms with Gasteiger partial charge in [-0.05, 0) is 32.0 Å². The average Bonchev–Trinajstić information content (AvgIpc) is 2.84. The third kappa shape index (κ3) is 3.00. The molecule has 2 rings (SSSR count). The topological polar surface area (TPSA) is 45.2 Å². The number of likely N-dealkylation sites (N-methyl/N-ethyl adjacent to an activating group) is 1. The van der Waals surface area contributed by atoms with E-state index in [4.69, 9.17) is 11.6 Å². The third-order valence-corrected chi connectivity index (χ3v) is 3.72. The molecule has 1 N–H and O–H groups in total. The summed E-state index contributed by atoms with van der Waals surface area (Å²) in [5.74, 6) is -0.120. The minimum atomic E-state index is -0.120. The van der Waals surface area contributed by atoms with Crippen LogP contribution in [0.4, 0.5) is 0 Å². The summed E-state index contributed by atoms with van der Waals surface area (Å²) in [6.45, 7) is 5.01. The number of nitrogens with zero attached hydrogens (tertiary/aromatic N) is 2. The zero-order valence-electron chi connectivity index (χ0n) is 10.5. The van der Waals surface area contributed by atoms with Gasteiger partial charge in [-0.15, -0.1) is 0 Å². The van der Waals surface area contributed by atoms with E-state index in [2.05, 4.69) is 22.1 Å². The second kappa shape index (κ2) is 6.16. The highest BCUT2D eigenvalue weighted by molar-refractivity contribution is 6.33. The number of rotatable bonds is 4. The van der Waals surface area contributed by atoms with Crippen molar-refractivity contribution < 1.29 is 4.79 Å². The molecule has 98 valence electrons. The first-order valence-corrected chi connectivity index (χ1v) is 6.72. The maximum absolute atomic E-state index is 12.0. The zero-order chi connectivity index (χ0) is 13.0. The average molecular weight is 268 g/mol. The van der Waals surface area contributed by atoms with E-state index in [1.165, 1.54) is 12.6 Å². The monoisotopic (exact) mass is 267 g/mol. The summed E-state index contributed by atoms with van der Waals surface area (Å²) in [6.07, 6.45) is 5.43. The Morgan fingerprint density at radius 2 is 2.50 bits per heavy atom. The number of amides is 1. The van der Waals surface area contributed by atoms with Gasteiger partial charge in [0.1, 0.15) is 0 Å². The molecule has 0 aromatic carbocycles. The van der Waals surface area contributed by atoms with Crippen molar-refractivity contribution in [3.05, 3.63) is 29.0 Å². The van der Waals surface area contributed by atoms with Gasteiger partial charge < -0.3 is 5.32 Å². The van der Waals surface area contributed by atoms with Gasteiger partial charge in [0.25, 0.3) is 5.91 Å². The van der Waals surface area contributed by atoms with Crippen LogP contribution in [0.3, 0.4) is 0 Å². The van der Waals surface area contributed by atoms with Crippen LogP contribution in [0.25, 0.3) is 0 Å². The lowest BCUT2D eigenvalue weighted by Gasteiger charge is -2.22. The SMILES string of the molecule is CCN1CCCC1CNC(=O)c1ccncc1Cl. The predicted octanol–water partition coefficient (Wildman–Crippen LogP) is 1.95. The van der Waals surface area contributed by atoms with Crippen molar-refractivity contribution in [2.24, 2.45) is 0 Å². The van der Waals surface area contributed by atoms with Gasteiger partial charge in [0.2, 0.25) is 0 Å². The van der Waals surface area contributed by atoms with Gasteiger partial charge in [0.05, 0.1) is 10.6 Å². The summed E-state index contributed by atoms with van der Waals surface area (Å²) in [6, 6.07) is 2.10. The number of nitrogens with one attached hydrogen (secondary N) is 1. The van der Waals surface area contributed by atoms with E-state index < -0.39 is 0 Å². The van der Waals surface area contributed by atoms with Crippen LogP contribution in [-0.4, -0.2) is 41.5 Å². The molecule has 1 atom stereocenters. The highest BCUT2D eigenvalue weighted by atomic mass is 35.5. The molecule has 0 bridgehead atoms. The maximum atomic E-state index is 12.0. The van der Waals surface area contributed by atoms with Crippen molar-refractivity contribution in [1.29, 1.82) is 0 Å². The molecule has 18 heavy (non-hydrogen) atoms. The van der Waals surface area contributed by atoms with Gasteiger partial charge in [-0.1, -0.05) is 18.5 Å². The normalized spacial score (nSPS) is 20.0. The summed E-state index contributed by atoms with van der Waals surface area (Å²) in [5, 5.41) is 3.35. The van der Waals surface area contributed by atoms with Crippen LogP contribution in [-0.2, 0) is 0 Å². The summed E-state index contributed by atoms with van der Waals surface area (Å²) < 4.78 is 0. The van der Waals surface area contributed by atoms with E-state index in [9.17, 15) is 4.79 Å². The fraction of sp³-hybridized carbons (Fsp3) is 0.538. The molecule has 0 saturated carbocycles. The van der Waals surface area contributed by atoms with Crippen molar-refractivity contribution in [2.75, 3.05) is 19.6 Å². The zero-order valence-corrected chi connectivity index (χ0v) is 11.3. The molecule has 1 amide bonds. The van der Waals surface area contributed by atoms with Crippen molar-refractivity contribution in [2.45, 2.75) is 25.8 Å². The Hall–Kier alpha value is -1.13. The Balaban J connectivity index is 1.91. The largest absolute Gasteiger partial charge is 0.350 e. The van der Waals surface area contributed by atoms with Crippen LogP contribution in [0.15, 0.2) is 18.5 Å². The number of aromatic nitrogens is 1. The van der Waals surface area contributed by atoms with Gasteiger partial charge >= 0.3 is 0 Å². The highest BCUT2D eigenvalue weighted by Gasteiger charge is 2.23. The van der Waals surface area contributed by atoms with Crippen molar-refractivity contribution in [1.82, 2.24) is 15.2 Å². The van der Waals surface area contributed by atoms with Gasteiger partial charge in [0.15, 0.2) is 0 Å². The number of pyridine rings is 1. The molecule has 1 aliphatic rings. The third-order valence-electron chi connectivity index (χ3n) is 3.42. The number of hydrogen-bond donors (Lipinski definition) is 1. The first kappa shape index (κ1) is 13.3. The summed E-state index contributed by atoms with van der Waals surface area (Å²) in [5.41, 5.74) is 0.493. The number of hydrogen-bond acceptors (Lipinski definition) is 3. The minimum absolute atomic E-state index is 0.120. The van der Waals surface area contributed by atoms with E-state index in [1.807, 2.05) is 0 Å². The lowest BCUT2D eigenvalue weighted by atomic mass is 10.2. The van der Waals surface area contributed by atoms with E-state index in [-0.39, 0.29) is 5.91 Å². The summed E-state index contributed by atoms with van der Waals surface area (Å²) in [4.78, 5) is 18.2. The van der Waals surface area contributed by atoms with E-state index in [0.29, 0.717) is 23.2 Å². The Kier molecular flexibility index (Phi) is 4.55. The van der Waals surface area contributed by atoms with Crippen LogP contribution in [0.2, 0.25) is 5.02 Å². The second-order valence-corrected chi connectivity index (χ2v) is 4.90. The Morgan fingerprint density at radius 1 is 1.67 bits per heavy atom. The fourth-order valence-corrected chi connectivity index (χ4v) is 2.61. The number of carbonyl (C=O) groups is 1. The van der Waals surface area contributed by atoms with Gasteiger partial charge in [-0.3, -0.25) is 14.7 Å².